The maximum atomic E-state index is 13.8. The molecule has 2 heterocycles. The third-order valence-corrected chi connectivity index (χ3v) is 4.32. The fourth-order valence-electron chi connectivity index (χ4n) is 3.05. The molecule has 0 spiro atoms. The Bertz CT molecular complexity index is 850. The highest BCUT2D eigenvalue weighted by Crippen LogP contribution is 2.19. The van der Waals surface area contributed by atoms with E-state index in [9.17, 15) is 18.4 Å². The summed E-state index contributed by atoms with van der Waals surface area (Å²) >= 11 is 0. The van der Waals surface area contributed by atoms with Gasteiger partial charge in [0.15, 0.2) is 5.89 Å². The van der Waals surface area contributed by atoms with Crippen molar-refractivity contribution in [3.05, 3.63) is 52.7 Å². The van der Waals surface area contributed by atoms with Gasteiger partial charge in [-0.1, -0.05) is 6.07 Å². The second kappa shape index (κ2) is 7.23. The first-order valence-corrected chi connectivity index (χ1v) is 8.32. The summed E-state index contributed by atoms with van der Waals surface area (Å²) in [6, 6.07) is 2.55. The average molecular weight is 363 g/mol. The summed E-state index contributed by atoms with van der Waals surface area (Å²) in [5, 5.41) is 2.66. The zero-order chi connectivity index (χ0) is 18.8. The van der Waals surface area contributed by atoms with Gasteiger partial charge in [0, 0.05) is 31.6 Å². The van der Waals surface area contributed by atoms with Crippen LogP contribution in [-0.2, 0) is 11.3 Å². The number of amides is 2. The molecule has 2 amide bonds. The predicted octanol–water partition coefficient (Wildman–Crippen LogP) is 2.49. The molecule has 1 N–H and O–H groups in total. The number of hydrogen-bond acceptors (Lipinski definition) is 4. The number of nitrogens with one attached hydrogen (secondary N) is 1. The van der Waals surface area contributed by atoms with E-state index < -0.39 is 23.6 Å². The minimum Gasteiger partial charge on any atom is -0.436 e. The molecule has 1 aliphatic heterocycles. The van der Waals surface area contributed by atoms with E-state index in [-0.39, 0.29) is 23.8 Å². The van der Waals surface area contributed by atoms with Gasteiger partial charge in [0.25, 0.3) is 5.91 Å². The lowest BCUT2D eigenvalue weighted by atomic mass is 10.0. The number of halogens is 2. The Labute approximate surface area is 149 Å². The van der Waals surface area contributed by atoms with Crippen LogP contribution in [0.4, 0.5) is 8.78 Å². The van der Waals surface area contributed by atoms with Crippen molar-refractivity contribution in [1.29, 1.82) is 0 Å². The number of carbonyl (C=O) groups is 2. The predicted molar refractivity (Wildman–Crippen MR) is 88.2 cm³/mol. The minimum atomic E-state index is -0.718. The first-order valence-electron chi connectivity index (χ1n) is 8.32. The number of aryl methyl sites for hydroxylation is 2. The van der Waals surface area contributed by atoms with Crippen LogP contribution in [0.1, 0.15) is 40.5 Å². The minimum absolute atomic E-state index is 0.0256. The Kier molecular flexibility index (Phi) is 5.01. The van der Waals surface area contributed by atoms with Gasteiger partial charge >= 0.3 is 0 Å². The highest BCUT2D eigenvalue weighted by atomic mass is 19.1. The maximum Gasteiger partial charge on any atom is 0.289 e. The number of benzene rings is 1. The average Bonchev–Trinajstić information content (AvgIpc) is 2.92. The third-order valence-electron chi connectivity index (χ3n) is 4.32. The van der Waals surface area contributed by atoms with Gasteiger partial charge in [-0.05, 0) is 25.8 Å². The first kappa shape index (κ1) is 18.0. The summed E-state index contributed by atoms with van der Waals surface area (Å²) in [5.41, 5.74) is 0.682. The molecule has 6 nitrogen and oxygen atoms in total. The fourth-order valence-corrected chi connectivity index (χ4v) is 3.05. The van der Waals surface area contributed by atoms with Gasteiger partial charge in [-0.3, -0.25) is 9.59 Å². The Morgan fingerprint density at radius 3 is 2.81 bits per heavy atom. The van der Waals surface area contributed by atoms with Gasteiger partial charge in [0.1, 0.15) is 17.7 Å². The largest absolute Gasteiger partial charge is 0.436 e. The fraction of sp³-hybridized carbons (Fsp3) is 0.389. The van der Waals surface area contributed by atoms with E-state index in [1.54, 1.807) is 13.8 Å². The Morgan fingerprint density at radius 1 is 1.38 bits per heavy atom. The van der Waals surface area contributed by atoms with Crippen molar-refractivity contribution in [3.63, 3.8) is 0 Å². The molecule has 1 saturated heterocycles. The molecule has 1 fully saturated rings. The van der Waals surface area contributed by atoms with Crippen LogP contribution < -0.4 is 5.32 Å². The second-order valence-electron chi connectivity index (χ2n) is 6.31. The van der Waals surface area contributed by atoms with Gasteiger partial charge in [0.05, 0.1) is 5.69 Å². The van der Waals surface area contributed by atoms with Crippen LogP contribution in [0.15, 0.2) is 22.6 Å². The normalized spacial score (nSPS) is 17.5. The van der Waals surface area contributed by atoms with Crippen molar-refractivity contribution < 1.29 is 22.8 Å². The molecule has 26 heavy (non-hydrogen) atoms. The molecular weight excluding hydrogens is 344 g/mol. The van der Waals surface area contributed by atoms with Crippen LogP contribution in [0.3, 0.4) is 0 Å². The van der Waals surface area contributed by atoms with Crippen molar-refractivity contribution in [2.24, 2.45) is 0 Å². The van der Waals surface area contributed by atoms with Crippen LogP contribution in [-0.4, -0.2) is 34.3 Å². The molecule has 2 aromatic rings. The SMILES string of the molecule is Cc1nc(C)c(C(=O)NC2CCCN(Cc3ccc(F)cc3F)C2=O)o1. The molecule has 8 heteroatoms. The number of hydrogen-bond donors (Lipinski definition) is 1. The van der Waals surface area contributed by atoms with Gasteiger partial charge in [-0.2, -0.15) is 0 Å². The van der Waals surface area contributed by atoms with E-state index in [0.717, 1.165) is 12.1 Å². The molecule has 0 radical (unpaired) electrons. The molecule has 1 aliphatic rings. The molecular formula is C18H19F2N3O3. The summed E-state index contributed by atoms with van der Waals surface area (Å²) in [5.74, 6) is -1.72. The van der Waals surface area contributed by atoms with E-state index in [1.807, 2.05) is 0 Å². The van der Waals surface area contributed by atoms with Crippen molar-refractivity contribution in [1.82, 2.24) is 15.2 Å². The van der Waals surface area contributed by atoms with Gasteiger partial charge in [-0.15, -0.1) is 0 Å². The lowest BCUT2D eigenvalue weighted by Crippen LogP contribution is -2.52. The Balaban J connectivity index is 1.69. The Hall–Kier alpha value is -2.77. The highest BCUT2D eigenvalue weighted by Gasteiger charge is 2.31. The smallest absolute Gasteiger partial charge is 0.289 e. The maximum absolute atomic E-state index is 13.8. The lowest BCUT2D eigenvalue weighted by Gasteiger charge is -2.32. The van der Waals surface area contributed by atoms with E-state index in [4.69, 9.17) is 4.42 Å². The number of piperidine rings is 1. The van der Waals surface area contributed by atoms with Crippen molar-refractivity contribution in [2.45, 2.75) is 39.3 Å². The quantitative estimate of drug-likeness (QED) is 0.906. The van der Waals surface area contributed by atoms with E-state index in [2.05, 4.69) is 10.3 Å². The van der Waals surface area contributed by atoms with E-state index >= 15 is 0 Å². The molecule has 0 aliphatic carbocycles. The monoisotopic (exact) mass is 363 g/mol. The van der Waals surface area contributed by atoms with Gasteiger partial charge in [-0.25, -0.2) is 13.8 Å². The molecule has 0 bridgehead atoms. The highest BCUT2D eigenvalue weighted by molar-refractivity contribution is 5.96. The number of aromatic nitrogens is 1. The van der Waals surface area contributed by atoms with Crippen LogP contribution in [0.25, 0.3) is 0 Å². The molecule has 1 aromatic carbocycles. The number of carbonyl (C=O) groups excluding carboxylic acids is 2. The summed E-state index contributed by atoms with van der Waals surface area (Å²) in [6.07, 6.45) is 1.15. The van der Waals surface area contributed by atoms with E-state index in [0.29, 0.717) is 31.0 Å². The number of likely N-dealkylation sites (tertiary alicyclic amines) is 1. The van der Waals surface area contributed by atoms with Crippen LogP contribution in [0.2, 0.25) is 0 Å². The van der Waals surface area contributed by atoms with Gasteiger partial charge < -0.3 is 14.6 Å². The molecule has 138 valence electrons. The Morgan fingerprint density at radius 2 is 2.15 bits per heavy atom. The number of oxazole rings is 1. The zero-order valence-electron chi connectivity index (χ0n) is 14.5. The molecule has 1 atom stereocenters. The zero-order valence-corrected chi connectivity index (χ0v) is 14.5. The topological polar surface area (TPSA) is 75.4 Å². The third kappa shape index (κ3) is 3.74. The van der Waals surface area contributed by atoms with Crippen LogP contribution in [0, 0.1) is 25.5 Å². The first-order chi connectivity index (χ1) is 12.3. The standard InChI is InChI=1S/C18H19F2N3O3/c1-10-16(26-11(2)21-10)17(24)22-15-4-3-7-23(18(15)25)9-12-5-6-13(19)8-14(12)20/h5-6,8,15H,3-4,7,9H2,1-2H3,(H,22,24). The van der Waals surface area contributed by atoms with Crippen molar-refractivity contribution in [3.8, 4) is 0 Å². The summed E-state index contributed by atoms with van der Waals surface area (Å²) in [6.45, 7) is 3.76. The molecule has 1 aromatic heterocycles. The van der Waals surface area contributed by atoms with Crippen molar-refractivity contribution >= 4 is 11.8 Å². The van der Waals surface area contributed by atoms with Crippen molar-refractivity contribution in [2.75, 3.05) is 6.54 Å². The number of rotatable bonds is 4. The summed E-state index contributed by atoms with van der Waals surface area (Å²) in [7, 11) is 0. The second-order valence-corrected chi connectivity index (χ2v) is 6.31. The van der Waals surface area contributed by atoms with Gasteiger partial charge in [0.2, 0.25) is 11.7 Å². The van der Waals surface area contributed by atoms with Crippen LogP contribution >= 0.6 is 0 Å². The molecule has 1 unspecified atom stereocenters. The molecule has 3 rings (SSSR count). The lowest BCUT2D eigenvalue weighted by molar-refractivity contribution is -0.136. The van der Waals surface area contributed by atoms with Crippen LogP contribution in [0.5, 0.6) is 0 Å². The summed E-state index contributed by atoms with van der Waals surface area (Å²) < 4.78 is 32.1. The number of nitrogens with zero attached hydrogens (tertiary/aromatic N) is 2. The summed E-state index contributed by atoms with van der Waals surface area (Å²) in [4.78, 5) is 30.5. The van der Waals surface area contributed by atoms with E-state index in [1.165, 1.54) is 11.0 Å². The molecule has 0 saturated carbocycles.